The van der Waals surface area contributed by atoms with Crippen molar-refractivity contribution in [3.63, 3.8) is 0 Å². The molecule has 2 aromatic carbocycles. The molecular formula is C31H27FN2O5. The van der Waals surface area contributed by atoms with E-state index in [2.05, 4.69) is 4.98 Å². The highest BCUT2D eigenvalue weighted by molar-refractivity contribution is 5.93. The summed E-state index contributed by atoms with van der Waals surface area (Å²) in [7, 11) is 0. The third-order valence-electron chi connectivity index (χ3n) is 7.30. The fourth-order valence-corrected chi connectivity index (χ4v) is 5.05. The van der Waals surface area contributed by atoms with Crippen LogP contribution in [0.15, 0.2) is 77.7 Å². The molecule has 0 radical (unpaired) electrons. The normalized spacial score (nSPS) is 18.2. The molecule has 2 unspecified atom stereocenters. The van der Waals surface area contributed by atoms with E-state index in [1.54, 1.807) is 11.5 Å². The molecule has 0 saturated heterocycles. The molecule has 2 fully saturated rings. The Balaban J connectivity index is 1.30. The third kappa shape index (κ3) is 4.82. The molecule has 0 aliphatic heterocycles. The third-order valence-corrected chi connectivity index (χ3v) is 7.30. The van der Waals surface area contributed by atoms with Gasteiger partial charge in [0, 0.05) is 18.2 Å². The quantitative estimate of drug-likeness (QED) is 0.283. The second-order valence-corrected chi connectivity index (χ2v) is 10.0. The van der Waals surface area contributed by atoms with Gasteiger partial charge in [0.05, 0.1) is 23.6 Å². The lowest BCUT2D eigenvalue weighted by Gasteiger charge is -2.19. The number of hydrogen-bond acceptors (Lipinski definition) is 6. The number of hydrogen-bond donors (Lipinski definition) is 0. The number of benzene rings is 2. The van der Waals surface area contributed by atoms with Gasteiger partial charge in [-0.25, -0.2) is 14.2 Å². The summed E-state index contributed by atoms with van der Waals surface area (Å²) < 4.78 is 28.2. The van der Waals surface area contributed by atoms with Gasteiger partial charge in [0.1, 0.15) is 17.0 Å². The molecule has 0 spiro atoms. The minimum atomic E-state index is -0.736. The molecule has 7 nitrogen and oxygen atoms in total. The van der Waals surface area contributed by atoms with Crippen molar-refractivity contribution in [2.24, 2.45) is 5.92 Å². The SMILES string of the molecule is CCOC(=O)c1cn(C2CC2)c2nc(C3CC3C(=O)OC(c3ccccc3)c3ccccc3)c(F)cc2c1=O. The summed E-state index contributed by atoms with van der Waals surface area (Å²) in [5.41, 5.74) is 1.39. The minimum Gasteiger partial charge on any atom is -0.462 e. The maximum Gasteiger partial charge on any atom is 0.343 e. The number of nitrogens with zero attached hydrogens (tertiary/aromatic N) is 2. The van der Waals surface area contributed by atoms with Crippen LogP contribution >= 0.6 is 0 Å². The average Bonchev–Trinajstić information content (AvgIpc) is 3.88. The van der Waals surface area contributed by atoms with Crippen molar-refractivity contribution in [3.05, 3.63) is 111 Å². The maximum atomic E-state index is 15.4. The molecule has 4 aromatic rings. The predicted octanol–water partition coefficient (Wildman–Crippen LogP) is 5.48. The number of rotatable bonds is 8. The number of esters is 2. The zero-order valence-electron chi connectivity index (χ0n) is 21.4. The second-order valence-electron chi connectivity index (χ2n) is 10.0. The van der Waals surface area contributed by atoms with Crippen molar-refractivity contribution in [1.82, 2.24) is 9.55 Å². The zero-order chi connectivity index (χ0) is 27.1. The summed E-state index contributed by atoms with van der Waals surface area (Å²) in [4.78, 5) is 43.3. The summed E-state index contributed by atoms with van der Waals surface area (Å²) in [6, 6.07) is 20.2. The Morgan fingerprint density at radius 3 is 2.28 bits per heavy atom. The van der Waals surface area contributed by atoms with Crippen molar-refractivity contribution in [3.8, 4) is 0 Å². The van der Waals surface area contributed by atoms with E-state index >= 15 is 4.39 Å². The molecular weight excluding hydrogens is 499 g/mol. The van der Waals surface area contributed by atoms with E-state index in [-0.39, 0.29) is 29.3 Å². The number of carbonyl (C=O) groups excluding carboxylic acids is 2. The Morgan fingerprint density at radius 1 is 1.05 bits per heavy atom. The molecule has 2 aliphatic carbocycles. The number of carbonyl (C=O) groups is 2. The van der Waals surface area contributed by atoms with Crippen LogP contribution in [-0.4, -0.2) is 28.1 Å². The standard InChI is InChI=1S/C31H27FN2O5/c1-2-38-30(36)24-17-34(20-13-14-20)29-23(27(24)35)16-25(32)26(33-29)21-15-22(21)31(37)39-28(18-9-5-3-6-10-18)19-11-7-4-8-12-19/h3-12,16-17,20-22,28H,2,13-15H2,1H3. The summed E-state index contributed by atoms with van der Waals surface area (Å²) in [6.45, 7) is 1.78. The van der Waals surface area contributed by atoms with Gasteiger partial charge in [-0.05, 0) is 43.4 Å². The molecule has 2 saturated carbocycles. The van der Waals surface area contributed by atoms with Crippen LogP contribution in [0.2, 0.25) is 0 Å². The van der Waals surface area contributed by atoms with Gasteiger partial charge in [-0.2, -0.15) is 0 Å². The topological polar surface area (TPSA) is 87.5 Å². The number of pyridine rings is 2. The number of fused-ring (bicyclic) bond motifs is 1. The molecule has 0 bridgehead atoms. The van der Waals surface area contributed by atoms with Gasteiger partial charge in [0.25, 0.3) is 0 Å². The summed E-state index contributed by atoms with van der Waals surface area (Å²) in [5.74, 6) is -2.83. The van der Waals surface area contributed by atoms with E-state index in [1.165, 1.54) is 6.20 Å². The Morgan fingerprint density at radius 2 is 1.69 bits per heavy atom. The van der Waals surface area contributed by atoms with Crippen LogP contribution in [0, 0.1) is 11.7 Å². The minimum absolute atomic E-state index is 0.0294. The summed E-state index contributed by atoms with van der Waals surface area (Å²) >= 11 is 0. The Labute approximate surface area is 224 Å². The van der Waals surface area contributed by atoms with Gasteiger partial charge in [-0.3, -0.25) is 9.59 Å². The van der Waals surface area contributed by atoms with Crippen LogP contribution in [0.3, 0.4) is 0 Å². The molecule has 198 valence electrons. The van der Waals surface area contributed by atoms with Crippen molar-refractivity contribution < 1.29 is 23.5 Å². The van der Waals surface area contributed by atoms with E-state index < -0.39 is 41.1 Å². The van der Waals surface area contributed by atoms with Gasteiger partial charge in [0.15, 0.2) is 6.10 Å². The van der Waals surface area contributed by atoms with E-state index in [0.29, 0.717) is 12.1 Å². The molecule has 8 heteroatoms. The second kappa shape index (κ2) is 10.1. The highest BCUT2D eigenvalue weighted by Gasteiger charge is 2.48. The monoisotopic (exact) mass is 526 g/mol. The average molecular weight is 527 g/mol. The first-order chi connectivity index (χ1) is 19.0. The van der Waals surface area contributed by atoms with Crippen LogP contribution in [0.25, 0.3) is 11.0 Å². The largest absolute Gasteiger partial charge is 0.462 e. The van der Waals surface area contributed by atoms with Gasteiger partial charge >= 0.3 is 11.9 Å². The molecule has 39 heavy (non-hydrogen) atoms. The summed E-state index contributed by atoms with van der Waals surface area (Å²) in [6.07, 6.45) is 3.02. The lowest BCUT2D eigenvalue weighted by Crippen LogP contribution is -2.22. The van der Waals surface area contributed by atoms with Crippen molar-refractivity contribution in [2.45, 2.75) is 44.2 Å². The summed E-state index contributed by atoms with van der Waals surface area (Å²) in [5, 5.41) is 0.0294. The van der Waals surface area contributed by atoms with Gasteiger partial charge in [-0.1, -0.05) is 60.7 Å². The lowest BCUT2D eigenvalue weighted by molar-refractivity contribution is -0.149. The predicted molar refractivity (Wildman–Crippen MR) is 142 cm³/mol. The van der Waals surface area contributed by atoms with Crippen LogP contribution < -0.4 is 5.43 Å². The first-order valence-corrected chi connectivity index (χ1v) is 13.2. The number of ether oxygens (including phenoxy) is 2. The maximum absolute atomic E-state index is 15.4. The van der Waals surface area contributed by atoms with Crippen molar-refractivity contribution >= 4 is 23.0 Å². The molecule has 0 amide bonds. The lowest BCUT2D eigenvalue weighted by atomic mass is 10.0. The highest BCUT2D eigenvalue weighted by atomic mass is 19.1. The molecule has 2 atom stereocenters. The molecule has 6 rings (SSSR count). The first-order valence-electron chi connectivity index (χ1n) is 13.2. The van der Waals surface area contributed by atoms with Crippen molar-refractivity contribution in [2.75, 3.05) is 6.61 Å². The van der Waals surface area contributed by atoms with Crippen LogP contribution in [-0.2, 0) is 14.3 Å². The molecule has 2 aromatic heterocycles. The fraction of sp³-hybridized carbons (Fsp3) is 0.290. The van der Waals surface area contributed by atoms with Gasteiger partial charge < -0.3 is 14.0 Å². The molecule has 0 N–H and O–H groups in total. The van der Waals surface area contributed by atoms with E-state index in [0.717, 1.165) is 30.0 Å². The Bertz CT molecular complexity index is 1580. The smallest absolute Gasteiger partial charge is 0.343 e. The number of halogens is 1. The number of aromatic nitrogens is 2. The van der Waals surface area contributed by atoms with E-state index in [1.807, 2.05) is 60.7 Å². The van der Waals surface area contributed by atoms with E-state index in [9.17, 15) is 14.4 Å². The van der Waals surface area contributed by atoms with E-state index in [4.69, 9.17) is 9.47 Å². The van der Waals surface area contributed by atoms with Gasteiger partial charge in [-0.15, -0.1) is 0 Å². The molecule has 2 aliphatic rings. The van der Waals surface area contributed by atoms with Gasteiger partial charge in [0.2, 0.25) is 5.43 Å². The van der Waals surface area contributed by atoms with Crippen LogP contribution in [0.5, 0.6) is 0 Å². The van der Waals surface area contributed by atoms with Crippen LogP contribution in [0.4, 0.5) is 4.39 Å². The first kappa shape index (κ1) is 25.0. The van der Waals surface area contributed by atoms with Crippen LogP contribution in [0.1, 0.15) is 71.4 Å². The highest BCUT2D eigenvalue weighted by Crippen LogP contribution is 2.49. The molecule has 2 heterocycles. The van der Waals surface area contributed by atoms with Crippen molar-refractivity contribution in [1.29, 1.82) is 0 Å². The Hall–Kier alpha value is -4.33. The fourth-order valence-electron chi connectivity index (χ4n) is 5.05. The Kier molecular flexibility index (Phi) is 6.46. The zero-order valence-corrected chi connectivity index (χ0v) is 21.4.